The Morgan fingerprint density at radius 1 is 1.10 bits per heavy atom. The lowest BCUT2D eigenvalue weighted by atomic mass is 10.2. The quantitative estimate of drug-likeness (QED) is 0.245. The van der Waals surface area contributed by atoms with Gasteiger partial charge in [0.2, 0.25) is 5.65 Å². The van der Waals surface area contributed by atoms with Gasteiger partial charge in [-0.3, -0.25) is 0 Å². The average Bonchev–Trinajstić information content (AvgIpc) is 3.43. The number of rotatable bonds is 5. The number of para-hydroxylation sites is 1. The van der Waals surface area contributed by atoms with Crippen LogP contribution in [-0.4, -0.2) is 20.7 Å². The van der Waals surface area contributed by atoms with Crippen LogP contribution < -0.4 is 9.58 Å². The molecular formula is C21H14N4O4S. The van der Waals surface area contributed by atoms with E-state index in [-0.39, 0.29) is 17.8 Å². The van der Waals surface area contributed by atoms with Gasteiger partial charge in [0.05, 0.1) is 6.20 Å². The number of fused-ring (bicyclic) bond motifs is 3. The predicted molar refractivity (Wildman–Crippen MR) is 109 cm³/mol. The molecular weight excluding hydrogens is 404 g/mol. The fraction of sp³-hybridized carbons (Fsp3) is 0.0476. The highest BCUT2D eigenvalue weighted by Gasteiger charge is 2.22. The first-order valence-corrected chi connectivity index (χ1v) is 9.91. The first kappa shape index (κ1) is 18.1. The molecule has 0 N–H and O–H groups in total. The molecule has 0 bridgehead atoms. The van der Waals surface area contributed by atoms with Gasteiger partial charge in [-0.2, -0.15) is 5.10 Å². The molecule has 0 spiro atoms. The summed E-state index contributed by atoms with van der Waals surface area (Å²) in [6, 6.07) is 18.0. The van der Waals surface area contributed by atoms with E-state index in [2.05, 4.69) is 10.2 Å². The maximum absolute atomic E-state index is 12.5. The molecule has 0 aliphatic heterocycles. The summed E-state index contributed by atoms with van der Waals surface area (Å²) in [5, 5.41) is 22.6. The van der Waals surface area contributed by atoms with Gasteiger partial charge in [-0.05, 0) is 34.5 Å². The molecule has 8 nitrogen and oxygen atoms in total. The van der Waals surface area contributed by atoms with Crippen LogP contribution in [0.4, 0.5) is 0 Å². The highest BCUT2D eigenvalue weighted by molar-refractivity contribution is 7.09. The van der Waals surface area contributed by atoms with Gasteiger partial charge in [0.15, 0.2) is 0 Å². The third-order valence-electron chi connectivity index (χ3n) is 4.43. The van der Waals surface area contributed by atoms with Crippen molar-refractivity contribution in [1.29, 1.82) is 0 Å². The molecule has 148 valence electrons. The molecule has 5 rings (SSSR count). The molecule has 3 heterocycles. The van der Waals surface area contributed by atoms with Crippen LogP contribution in [0.2, 0.25) is 0 Å². The van der Waals surface area contributed by atoms with E-state index in [0.717, 1.165) is 4.88 Å². The summed E-state index contributed by atoms with van der Waals surface area (Å²) in [7, 11) is 0. The molecule has 0 saturated carbocycles. The number of hydrogen-bond acceptors (Lipinski definition) is 7. The van der Waals surface area contributed by atoms with Gasteiger partial charge in [-0.25, -0.2) is 9.31 Å². The first-order valence-electron chi connectivity index (χ1n) is 9.03. The number of esters is 1. The minimum absolute atomic E-state index is 0.116. The zero-order valence-corrected chi connectivity index (χ0v) is 16.3. The van der Waals surface area contributed by atoms with Crippen LogP contribution in [0.5, 0.6) is 11.5 Å². The Morgan fingerprint density at radius 2 is 1.97 bits per heavy atom. The third kappa shape index (κ3) is 3.31. The molecule has 9 heteroatoms. The van der Waals surface area contributed by atoms with E-state index < -0.39 is 5.97 Å². The molecule has 2 aromatic carbocycles. The largest absolute Gasteiger partial charge is 0.594 e. The van der Waals surface area contributed by atoms with Crippen LogP contribution in [0.3, 0.4) is 0 Å². The zero-order chi connectivity index (χ0) is 20.5. The molecule has 3 aromatic heterocycles. The Kier molecular flexibility index (Phi) is 4.49. The van der Waals surface area contributed by atoms with Crippen LogP contribution in [0, 0.1) is 5.21 Å². The van der Waals surface area contributed by atoms with Crippen molar-refractivity contribution in [3.8, 4) is 11.5 Å². The summed E-state index contributed by atoms with van der Waals surface area (Å²) >= 11 is 1.49. The number of carbonyl (C=O) groups excluding carboxylic acids is 1. The van der Waals surface area contributed by atoms with Gasteiger partial charge >= 0.3 is 5.97 Å². The first-order chi connectivity index (χ1) is 14.7. The Hall–Kier alpha value is -3.98. The summed E-state index contributed by atoms with van der Waals surface area (Å²) in [6.07, 6.45) is 1.35. The highest BCUT2D eigenvalue weighted by Crippen LogP contribution is 2.25. The van der Waals surface area contributed by atoms with Gasteiger partial charge in [-0.15, -0.1) is 11.3 Å². The fourth-order valence-corrected chi connectivity index (χ4v) is 3.65. The fourth-order valence-electron chi connectivity index (χ4n) is 3.03. The van der Waals surface area contributed by atoms with Crippen molar-refractivity contribution in [3.05, 3.63) is 87.9 Å². The van der Waals surface area contributed by atoms with Crippen molar-refractivity contribution in [1.82, 2.24) is 14.7 Å². The number of benzene rings is 2. The van der Waals surface area contributed by atoms with Crippen LogP contribution in [-0.2, 0) is 11.3 Å². The second-order valence-electron chi connectivity index (χ2n) is 6.39. The molecule has 0 saturated heterocycles. The lowest BCUT2D eigenvalue weighted by Gasteiger charge is -2.07. The number of aromatic nitrogens is 4. The van der Waals surface area contributed by atoms with E-state index in [4.69, 9.17) is 9.47 Å². The maximum Gasteiger partial charge on any atom is 0.344 e. The van der Waals surface area contributed by atoms with Gasteiger partial charge < -0.3 is 14.7 Å². The number of ether oxygens (including phenoxy) is 2. The minimum atomic E-state index is -0.595. The lowest BCUT2D eigenvalue weighted by molar-refractivity contribution is -0.640. The van der Waals surface area contributed by atoms with Gasteiger partial charge in [0.25, 0.3) is 5.52 Å². The van der Waals surface area contributed by atoms with Crippen LogP contribution in [0.1, 0.15) is 15.2 Å². The Bertz CT molecular complexity index is 1350. The van der Waals surface area contributed by atoms with Crippen molar-refractivity contribution < 1.29 is 19.1 Å². The number of nitrogens with zero attached hydrogens (tertiary/aromatic N) is 4. The van der Waals surface area contributed by atoms with Crippen LogP contribution in [0.25, 0.3) is 16.7 Å². The zero-order valence-electron chi connectivity index (χ0n) is 15.5. The maximum atomic E-state index is 12.5. The number of carbonyl (C=O) groups is 1. The second kappa shape index (κ2) is 7.45. The Balaban J connectivity index is 1.52. The van der Waals surface area contributed by atoms with Crippen molar-refractivity contribution in [2.75, 3.05) is 0 Å². The highest BCUT2D eigenvalue weighted by atomic mass is 32.1. The molecule has 0 unspecified atom stereocenters. The molecule has 5 aromatic rings. The lowest BCUT2D eigenvalue weighted by Crippen LogP contribution is -2.33. The normalized spacial score (nSPS) is 11.1. The molecule has 0 aliphatic rings. The SMILES string of the molecule is O=C(OCc1cccs1)c1cnn2c1n[n+]([O-])c1ccc(Oc3ccccc3)cc12. The van der Waals surface area contributed by atoms with Gasteiger partial charge in [0.1, 0.15) is 29.2 Å². The summed E-state index contributed by atoms with van der Waals surface area (Å²) in [6.45, 7) is 0.147. The summed E-state index contributed by atoms with van der Waals surface area (Å²) < 4.78 is 12.6. The minimum Gasteiger partial charge on any atom is -0.594 e. The molecule has 30 heavy (non-hydrogen) atoms. The number of hydrogen-bond donors (Lipinski definition) is 0. The monoisotopic (exact) mass is 418 g/mol. The molecule has 0 radical (unpaired) electrons. The molecule has 0 fully saturated rings. The summed E-state index contributed by atoms with van der Waals surface area (Å²) in [5.41, 5.74) is 0.989. The topological polar surface area (TPSA) is 92.7 Å². The number of thiophene rings is 1. The Labute approximate surface area is 174 Å². The summed E-state index contributed by atoms with van der Waals surface area (Å²) in [4.78, 5) is 13.9. The van der Waals surface area contributed by atoms with Crippen LogP contribution in [0.15, 0.2) is 72.2 Å². The van der Waals surface area contributed by atoms with Crippen molar-refractivity contribution >= 4 is 34.0 Å². The van der Waals surface area contributed by atoms with E-state index in [1.165, 1.54) is 22.0 Å². The van der Waals surface area contributed by atoms with Crippen molar-refractivity contribution in [2.45, 2.75) is 6.61 Å². The standard InChI is InChI=1S/C21H14N4O4S/c26-21(28-13-16-7-4-10-30-16)17-12-22-24-19-11-15(29-14-5-2-1-3-6-14)8-9-18(19)25(27)23-20(17)24/h1-12H,13H2. The third-order valence-corrected chi connectivity index (χ3v) is 5.28. The van der Waals surface area contributed by atoms with E-state index in [9.17, 15) is 10.0 Å². The molecule has 0 amide bonds. The Morgan fingerprint density at radius 3 is 2.77 bits per heavy atom. The van der Waals surface area contributed by atoms with Crippen molar-refractivity contribution in [2.24, 2.45) is 0 Å². The van der Waals surface area contributed by atoms with Gasteiger partial charge in [0, 0.05) is 22.1 Å². The summed E-state index contributed by atoms with van der Waals surface area (Å²) in [5.74, 6) is 0.593. The smallest absolute Gasteiger partial charge is 0.344 e. The van der Waals surface area contributed by atoms with Crippen molar-refractivity contribution in [3.63, 3.8) is 0 Å². The van der Waals surface area contributed by atoms with E-state index in [1.54, 1.807) is 18.2 Å². The molecule has 0 atom stereocenters. The predicted octanol–water partition coefficient (Wildman–Crippen LogP) is 3.73. The second-order valence-corrected chi connectivity index (χ2v) is 7.42. The van der Waals surface area contributed by atoms with E-state index in [1.807, 2.05) is 47.8 Å². The average molecular weight is 418 g/mol. The van der Waals surface area contributed by atoms with Gasteiger partial charge in [-0.1, -0.05) is 24.3 Å². The van der Waals surface area contributed by atoms with E-state index >= 15 is 0 Å². The molecule has 0 aliphatic carbocycles. The van der Waals surface area contributed by atoms with Crippen LogP contribution >= 0.6 is 11.3 Å². The van der Waals surface area contributed by atoms with E-state index in [0.29, 0.717) is 27.4 Å².